The third-order valence-corrected chi connectivity index (χ3v) is 6.05. The van der Waals surface area contributed by atoms with Gasteiger partial charge in [0.2, 0.25) is 0 Å². The van der Waals surface area contributed by atoms with E-state index in [1.165, 1.54) is 12.1 Å². The summed E-state index contributed by atoms with van der Waals surface area (Å²) in [7, 11) is -0.853. The Hall–Kier alpha value is -1.74. The van der Waals surface area contributed by atoms with Crippen LogP contribution in [0.3, 0.4) is 0 Å². The molecule has 9 heteroatoms. The molecule has 0 bridgehead atoms. The third kappa shape index (κ3) is 4.56. The minimum atomic E-state index is -4.92. The summed E-state index contributed by atoms with van der Waals surface area (Å²) in [6, 6.07) is 4.09. The quantitative estimate of drug-likeness (QED) is 0.706. The number of nitrogens with zero attached hydrogens (tertiary/aromatic N) is 1. The SMILES string of the molecule is CC1CCCCN1C(=O)c1ccc(B2OC(C)(C)C(C)(C)O2)cc1OC(F)(F)F. The highest BCUT2D eigenvalue weighted by Gasteiger charge is 2.52. The standard InChI is InChI=1S/C20H27BF3NO4/c1-13-8-6-7-11-25(13)17(26)15-10-9-14(12-16(15)27-20(22,23)24)21-28-18(2,3)19(4,5)29-21/h9-10,12-13H,6-8,11H2,1-5H3. The number of likely N-dealkylation sites (tertiary alicyclic amines) is 1. The van der Waals surface area contributed by atoms with Crippen LogP contribution in [0.5, 0.6) is 5.75 Å². The summed E-state index contributed by atoms with van der Waals surface area (Å²) in [6.07, 6.45) is -2.26. The molecule has 1 aromatic rings. The van der Waals surface area contributed by atoms with Crippen molar-refractivity contribution in [2.24, 2.45) is 0 Å². The van der Waals surface area contributed by atoms with Gasteiger partial charge in [0.25, 0.3) is 5.91 Å². The molecule has 5 nitrogen and oxygen atoms in total. The van der Waals surface area contributed by atoms with E-state index in [1.807, 2.05) is 34.6 Å². The van der Waals surface area contributed by atoms with E-state index < -0.39 is 36.3 Å². The Bertz CT molecular complexity index is 765. The van der Waals surface area contributed by atoms with Crippen molar-refractivity contribution < 1.29 is 32.0 Å². The molecule has 2 heterocycles. The molecule has 0 radical (unpaired) electrons. The summed E-state index contributed by atoms with van der Waals surface area (Å²) in [6.45, 7) is 9.85. The predicted octanol–water partition coefficient (Wildman–Crippen LogP) is 3.90. The van der Waals surface area contributed by atoms with Crippen molar-refractivity contribution in [3.05, 3.63) is 23.8 Å². The normalized spacial score (nSPS) is 23.9. The molecule has 2 saturated heterocycles. The van der Waals surface area contributed by atoms with Gasteiger partial charge < -0.3 is 18.9 Å². The van der Waals surface area contributed by atoms with Crippen molar-refractivity contribution in [2.75, 3.05) is 6.54 Å². The fraction of sp³-hybridized carbons (Fsp3) is 0.650. The van der Waals surface area contributed by atoms with E-state index in [0.29, 0.717) is 12.0 Å². The number of hydrogen-bond donors (Lipinski definition) is 0. The topological polar surface area (TPSA) is 48.0 Å². The minimum Gasteiger partial charge on any atom is -0.405 e. The number of alkyl halides is 3. The van der Waals surface area contributed by atoms with Gasteiger partial charge in [0.05, 0.1) is 16.8 Å². The zero-order valence-corrected chi connectivity index (χ0v) is 17.4. The van der Waals surface area contributed by atoms with E-state index in [9.17, 15) is 18.0 Å². The van der Waals surface area contributed by atoms with Crippen LogP contribution in [0.1, 0.15) is 64.2 Å². The number of rotatable bonds is 3. The van der Waals surface area contributed by atoms with Crippen LogP contribution in [0.4, 0.5) is 13.2 Å². The molecule has 29 heavy (non-hydrogen) atoms. The fourth-order valence-corrected chi connectivity index (χ4v) is 3.61. The Morgan fingerprint density at radius 2 is 1.79 bits per heavy atom. The number of hydrogen-bond acceptors (Lipinski definition) is 4. The third-order valence-electron chi connectivity index (χ3n) is 6.05. The molecular weight excluding hydrogens is 386 g/mol. The highest BCUT2D eigenvalue weighted by Crippen LogP contribution is 2.37. The molecule has 3 rings (SSSR count). The number of amides is 1. The maximum absolute atomic E-state index is 13.0. The molecule has 1 amide bonds. The number of benzene rings is 1. The van der Waals surface area contributed by atoms with Gasteiger partial charge in [0.1, 0.15) is 5.75 Å². The van der Waals surface area contributed by atoms with Crippen molar-refractivity contribution in [3.8, 4) is 5.75 Å². The van der Waals surface area contributed by atoms with Crippen LogP contribution in [0.2, 0.25) is 0 Å². The Morgan fingerprint density at radius 1 is 1.17 bits per heavy atom. The predicted molar refractivity (Wildman–Crippen MR) is 103 cm³/mol. The van der Waals surface area contributed by atoms with Gasteiger partial charge >= 0.3 is 13.5 Å². The molecule has 0 aromatic heterocycles. The van der Waals surface area contributed by atoms with Crippen LogP contribution in [0.15, 0.2) is 18.2 Å². The molecule has 2 aliphatic rings. The van der Waals surface area contributed by atoms with Crippen LogP contribution in [0.25, 0.3) is 0 Å². The van der Waals surface area contributed by atoms with Crippen LogP contribution >= 0.6 is 0 Å². The van der Waals surface area contributed by atoms with Crippen LogP contribution in [-0.4, -0.2) is 48.1 Å². The Kier molecular flexibility index (Phi) is 5.68. The van der Waals surface area contributed by atoms with Crippen molar-refractivity contribution in [1.82, 2.24) is 4.90 Å². The molecule has 2 aliphatic heterocycles. The first kappa shape index (κ1) is 22.0. The van der Waals surface area contributed by atoms with Crippen LogP contribution in [0, 0.1) is 0 Å². The molecule has 1 aromatic carbocycles. The second kappa shape index (κ2) is 7.50. The molecule has 0 aliphatic carbocycles. The number of halogens is 3. The first-order valence-corrected chi connectivity index (χ1v) is 9.87. The van der Waals surface area contributed by atoms with E-state index in [1.54, 1.807) is 11.0 Å². The molecule has 0 N–H and O–H groups in total. The van der Waals surface area contributed by atoms with Crippen molar-refractivity contribution in [1.29, 1.82) is 0 Å². The van der Waals surface area contributed by atoms with E-state index in [2.05, 4.69) is 4.74 Å². The molecular formula is C20H27BF3NO4. The Balaban J connectivity index is 1.95. The summed E-state index contributed by atoms with van der Waals surface area (Å²) in [4.78, 5) is 14.6. The lowest BCUT2D eigenvalue weighted by molar-refractivity contribution is -0.274. The zero-order chi connectivity index (χ0) is 21.6. The van der Waals surface area contributed by atoms with Gasteiger partial charge in [-0.05, 0) is 71.5 Å². The summed E-state index contributed by atoms with van der Waals surface area (Å²) in [5, 5.41) is 0. The smallest absolute Gasteiger partial charge is 0.405 e. The monoisotopic (exact) mass is 413 g/mol. The van der Waals surface area contributed by atoms with E-state index in [-0.39, 0.29) is 11.6 Å². The summed E-state index contributed by atoms with van der Waals surface area (Å²) in [5.74, 6) is -0.996. The highest BCUT2D eigenvalue weighted by molar-refractivity contribution is 6.62. The lowest BCUT2D eigenvalue weighted by Crippen LogP contribution is -2.42. The molecule has 1 atom stereocenters. The van der Waals surface area contributed by atoms with Gasteiger partial charge in [-0.2, -0.15) is 0 Å². The molecule has 160 valence electrons. The van der Waals surface area contributed by atoms with Gasteiger partial charge in [0, 0.05) is 12.6 Å². The lowest BCUT2D eigenvalue weighted by Gasteiger charge is -2.34. The number of carbonyl (C=O) groups excluding carboxylic acids is 1. The second-order valence-corrected chi connectivity index (χ2v) is 8.74. The highest BCUT2D eigenvalue weighted by atomic mass is 19.4. The van der Waals surface area contributed by atoms with Crippen molar-refractivity contribution in [2.45, 2.75) is 77.5 Å². The molecule has 1 unspecified atom stereocenters. The molecule has 0 saturated carbocycles. The minimum absolute atomic E-state index is 0.0299. The van der Waals surface area contributed by atoms with E-state index >= 15 is 0 Å². The van der Waals surface area contributed by atoms with Crippen LogP contribution in [-0.2, 0) is 9.31 Å². The average Bonchev–Trinajstić information content (AvgIpc) is 2.81. The summed E-state index contributed by atoms with van der Waals surface area (Å²) in [5.41, 5.74) is -1.02. The summed E-state index contributed by atoms with van der Waals surface area (Å²) >= 11 is 0. The fourth-order valence-electron chi connectivity index (χ4n) is 3.61. The van der Waals surface area contributed by atoms with Gasteiger partial charge in [-0.1, -0.05) is 6.07 Å². The van der Waals surface area contributed by atoms with Gasteiger partial charge in [-0.25, -0.2) is 0 Å². The second-order valence-electron chi connectivity index (χ2n) is 8.74. The van der Waals surface area contributed by atoms with E-state index in [4.69, 9.17) is 9.31 Å². The van der Waals surface area contributed by atoms with Crippen molar-refractivity contribution >= 4 is 18.5 Å². The average molecular weight is 413 g/mol. The zero-order valence-electron chi connectivity index (χ0n) is 17.4. The largest absolute Gasteiger partial charge is 0.573 e. The van der Waals surface area contributed by atoms with Gasteiger partial charge in [0.15, 0.2) is 0 Å². The number of ether oxygens (including phenoxy) is 1. The maximum atomic E-state index is 13.0. The lowest BCUT2D eigenvalue weighted by atomic mass is 9.78. The maximum Gasteiger partial charge on any atom is 0.573 e. The number of carbonyl (C=O) groups is 1. The van der Waals surface area contributed by atoms with Gasteiger partial charge in [-0.15, -0.1) is 13.2 Å². The van der Waals surface area contributed by atoms with Crippen molar-refractivity contribution in [3.63, 3.8) is 0 Å². The first-order chi connectivity index (χ1) is 13.3. The Morgan fingerprint density at radius 3 is 2.34 bits per heavy atom. The Labute approximate surface area is 169 Å². The molecule has 2 fully saturated rings. The molecule has 0 spiro atoms. The van der Waals surface area contributed by atoms with Gasteiger partial charge in [-0.3, -0.25) is 4.79 Å². The summed E-state index contributed by atoms with van der Waals surface area (Å²) < 4.78 is 55.2. The van der Waals surface area contributed by atoms with E-state index in [0.717, 1.165) is 19.3 Å². The number of piperidine rings is 1. The first-order valence-electron chi connectivity index (χ1n) is 9.87. The van der Waals surface area contributed by atoms with Crippen LogP contribution < -0.4 is 10.2 Å².